The van der Waals surface area contributed by atoms with Gasteiger partial charge in [-0.15, -0.1) is 0 Å². The highest BCUT2D eigenvalue weighted by molar-refractivity contribution is 5.80. The highest BCUT2D eigenvalue weighted by Crippen LogP contribution is 2.25. The Kier molecular flexibility index (Phi) is 5.25. The van der Waals surface area contributed by atoms with Gasteiger partial charge in [0.1, 0.15) is 18.1 Å². The number of aryl methyl sites for hydroxylation is 1. The van der Waals surface area contributed by atoms with Crippen molar-refractivity contribution < 1.29 is 9.21 Å². The van der Waals surface area contributed by atoms with Crippen LogP contribution in [0.4, 0.5) is 0 Å². The molecule has 0 aliphatic carbocycles. The zero-order chi connectivity index (χ0) is 21.9. The Hall–Kier alpha value is -4.19. The standard InChI is InChI=1S/C26H22N4O2/c1-30-22-15-9-8-14-21(22)28-25(30)24(18-10-4-2-5-11-18)29-23(31)16-20-17-32-26(27-20)19-12-6-3-7-13-19/h2-15,17,24H,16H2,1H3,(H,29,31). The Morgan fingerprint density at radius 1 is 0.938 bits per heavy atom. The van der Waals surface area contributed by atoms with Crippen LogP contribution < -0.4 is 5.32 Å². The summed E-state index contributed by atoms with van der Waals surface area (Å²) in [5.41, 5.74) is 4.33. The highest BCUT2D eigenvalue weighted by Gasteiger charge is 2.23. The summed E-state index contributed by atoms with van der Waals surface area (Å²) in [5, 5.41) is 3.14. The molecule has 1 amide bonds. The fraction of sp³-hybridized carbons (Fsp3) is 0.115. The van der Waals surface area contributed by atoms with Crippen molar-refractivity contribution in [2.75, 3.05) is 0 Å². The number of nitrogens with zero attached hydrogens (tertiary/aromatic N) is 3. The minimum Gasteiger partial charge on any atom is -0.444 e. The van der Waals surface area contributed by atoms with Crippen LogP contribution in [0.25, 0.3) is 22.5 Å². The predicted molar refractivity (Wildman–Crippen MR) is 123 cm³/mol. The van der Waals surface area contributed by atoms with E-state index in [1.54, 1.807) is 0 Å². The summed E-state index contributed by atoms with van der Waals surface area (Å²) in [4.78, 5) is 22.3. The molecule has 0 aliphatic rings. The average molecular weight is 422 g/mol. The van der Waals surface area contributed by atoms with Gasteiger partial charge in [-0.2, -0.15) is 0 Å². The predicted octanol–water partition coefficient (Wildman–Crippen LogP) is 4.68. The monoisotopic (exact) mass is 422 g/mol. The quantitative estimate of drug-likeness (QED) is 0.431. The van der Waals surface area contributed by atoms with Gasteiger partial charge in [0.05, 0.1) is 23.1 Å². The normalized spacial score (nSPS) is 12.0. The van der Waals surface area contributed by atoms with Crippen molar-refractivity contribution >= 4 is 16.9 Å². The molecule has 1 unspecified atom stereocenters. The molecule has 5 rings (SSSR count). The van der Waals surface area contributed by atoms with Crippen molar-refractivity contribution in [2.45, 2.75) is 12.5 Å². The van der Waals surface area contributed by atoms with E-state index in [1.165, 1.54) is 6.26 Å². The first kappa shape index (κ1) is 19.8. The van der Waals surface area contributed by atoms with Crippen molar-refractivity contribution in [1.82, 2.24) is 19.9 Å². The first-order chi connectivity index (χ1) is 15.7. The molecule has 0 saturated carbocycles. The second-order valence-corrected chi connectivity index (χ2v) is 7.62. The number of oxazole rings is 1. The summed E-state index contributed by atoms with van der Waals surface area (Å²) in [5.74, 6) is 1.12. The molecule has 0 spiro atoms. The number of nitrogens with one attached hydrogen (secondary N) is 1. The molecule has 2 heterocycles. The number of hydrogen-bond donors (Lipinski definition) is 1. The molecule has 32 heavy (non-hydrogen) atoms. The fourth-order valence-electron chi connectivity index (χ4n) is 3.84. The molecule has 0 fully saturated rings. The number of aromatic nitrogens is 3. The Morgan fingerprint density at radius 2 is 1.62 bits per heavy atom. The molecule has 0 saturated heterocycles. The second-order valence-electron chi connectivity index (χ2n) is 7.62. The van der Waals surface area contributed by atoms with Crippen LogP contribution in [0.1, 0.15) is 23.1 Å². The van der Waals surface area contributed by atoms with Crippen LogP contribution in [-0.2, 0) is 18.3 Å². The number of amides is 1. The van der Waals surface area contributed by atoms with Crippen LogP contribution in [0.5, 0.6) is 0 Å². The molecule has 6 heteroatoms. The average Bonchev–Trinajstić information content (AvgIpc) is 3.43. The summed E-state index contributed by atoms with van der Waals surface area (Å²) in [6.07, 6.45) is 1.65. The summed E-state index contributed by atoms with van der Waals surface area (Å²) < 4.78 is 7.60. The number of hydrogen-bond acceptors (Lipinski definition) is 4. The number of imidazole rings is 1. The first-order valence-electron chi connectivity index (χ1n) is 10.4. The number of fused-ring (bicyclic) bond motifs is 1. The smallest absolute Gasteiger partial charge is 0.226 e. The van der Waals surface area contributed by atoms with E-state index in [9.17, 15) is 4.79 Å². The minimum atomic E-state index is -0.387. The molecule has 2 aromatic heterocycles. The van der Waals surface area contributed by atoms with Gasteiger partial charge in [-0.1, -0.05) is 60.7 Å². The molecule has 158 valence electrons. The summed E-state index contributed by atoms with van der Waals surface area (Å²) in [6.45, 7) is 0. The lowest BCUT2D eigenvalue weighted by Gasteiger charge is -2.19. The maximum atomic E-state index is 13.0. The van der Waals surface area contributed by atoms with Crippen LogP contribution in [0.3, 0.4) is 0 Å². The van der Waals surface area contributed by atoms with Gasteiger partial charge >= 0.3 is 0 Å². The van der Waals surface area contributed by atoms with Crippen LogP contribution >= 0.6 is 0 Å². The van der Waals surface area contributed by atoms with Gasteiger partial charge in [0, 0.05) is 12.6 Å². The SMILES string of the molecule is Cn1c(C(NC(=O)Cc2coc(-c3ccccc3)n2)c2ccccc2)nc2ccccc21. The van der Waals surface area contributed by atoms with Crippen LogP contribution in [0.2, 0.25) is 0 Å². The lowest BCUT2D eigenvalue weighted by Crippen LogP contribution is -2.32. The molecule has 1 N–H and O–H groups in total. The molecular weight excluding hydrogens is 400 g/mol. The van der Waals surface area contributed by atoms with E-state index in [4.69, 9.17) is 9.40 Å². The third-order valence-corrected chi connectivity index (χ3v) is 5.43. The van der Waals surface area contributed by atoms with Gasteiger partial charge in [-0.25, -0.2) is 9.97 Å². The van der Waals surface area contributed by atoms with Crippen LogP contribution in [-0.4, -0.2) is 20.4 Å². The molecule has 1 atom stereocenters. The van der Waals surface area contributed by atoms with E-state index in [0.29, 0.717) is 11.6 Å². The Labute approximate surface area is 185 Å². The van der Waals surface area contributed by atoms with Crippen LogP contribution in [0, 0.1) is 0 Å². The summed E-state index contributed by atoms with van der Waals surface area (Å²) in [7, 11) is 1.97. The number of rotatable bonds is 6. The lowest BCUT2D eigenvalue weighted by atomic mass is 10.1. The first-order valence-corrected chi connectivity index (χ1v) is 10.4. The maximum Gasteiger partial charge on any atom is 0.226 e. The molecule has 0 aliphatic heterocycles. The second kappa shape index (κ2) is 8.51. The number of carbonyl (C=O) groups is 1. The van der Waals surface area contributed by atoms with E-state index in [1.807, 2.05) is 96.5 Å². The topological polar surface area (TPSA) is 73.0 Å². The van der Waals surface area contributed by atoms with Crippen molar-refractivity contribution in [1.29, 1.82) is 0 Å². The molecule has 0 radical (unpaired) electrons. The number of carbonyl (C=O) groups excluding carboxylic acids is 1. The maximum absolute atomic E-state index is 13.0. The van der Waals surface area contributed by atoms with Gasteiger partial charge in [0.15, 0.2) is 0 Å². The van der Waals surface area contributed by atoms with Crippen molar-refractivity contribution in [3.8, 4) is 11.5 Å². The Bertz CT molecular complexity index is 1360. The van der Waals surface area contributed by atoms with Crippen molar-refractivity contribution in [3.63, 3.8) is 0 Å². The highest BCUT2D eigenvalue weighted by atomic mass is 16.3. The van der Waals surface area contributed by atoms with E-state index in [0.717, 1.165) is 28.0 Å². The molecule has 3 aromatic carbocycles. The van der Waals surface area contributed by atoms with Gasteiger partial charge in [-0.05, 0) is 29.8 Å². The van der Waals surface area contributed by atoms with Crippen molar-refractivity contribution in [3.05, 3.63) is 108 Å². The third kappa shape index (κ3) is 3.90. The number of para-hydroxylation sites is 2. The van der Waals surface area contributed by atoms with Gasteiger partial charge < -0.3 is 14.3 Å². The van der Waals surface area contributed by atoms with E-state index < -0.39 is 0 Å². The molecular formula is C26H22N4O2. The number of benzene rings is 3. The van der Waals surface area contributed by atoms with E-state index in [2.05, 4.69) is 10.3 Å². The van der Waals surface area contributed by atoms with Gasteiger partial charge in [-0.3, -0.25) is 4.79 Å². The van der Waals surface area contributed by atoms with E-state index in [-0.39, 0.29) is 18.4 Å². The molecule has 0 bridgehead atoms. The Balaban J connectivity index is 1.41. The van der Waals surface area contributed by atoms with Gasteiger partial charge in [0.25, 0.3) is 0 Å². The van der Waals surface area contributed by atoms with Crippen molar-refractivity contribution in [2.24, 2.45) is 7.05 Å². The Morgan fingerprint density at radius 3 is 2.38 bits per heavy atom. The zero-order valence-corrected chi connectivity index (χ0v) is 17.6. The summed E-state index contributed by atoms with van der Waals surface area (Å²) in [6, 6.07) is 27.1. The van der Waals surface area contributed by atoms with E-state index >= 15 is 0 Å². The molecule has 5 aromatic rings. The van der Waals surface area contributed by atoms with Crippen LogP contribution in [0.15, 0.2) is 95.6 Å². The lowest BCUT2D eigenvalue weighted by molar-refractivity contribution is -0.121. The summed E-state index contributed by atoms with van der Waals surface area (Å²) >= 11 is 0. The largest absolute Gasteiger partial charge is 0.444 e. The molecule has 6 nitrogen and oxygen atoms in total. The van der Waals surface area contributed by atoms with Gasteiger partial charge in [0.2, 0.25) is 11.8 Å². The minimum absolute atomic E-state index is 0.115. The fourth-order valence-corrected chi connectivity index (χ4v) is 3.84. The zero-order valence-electron chi connectivity index (χ0n) is 17.6. The third-order valence-electron chi connectivity index (χ3n) is 5.43.